The monoisotopic (exact) mass is 345 g/mol. The summed E-state index contributed by atoms with van der Waals surface area (Å²) in [5.74, 6) is -0.0289. The molecule has 134 valence electrons. The fourth-order valence-corrected chi connectivity index (χ4v) is 3.84. The second kappa shape index (κ2) is 6.84. The van der Waals surface area contributed by atoms with Crippen LogP contribution < -0.4 is 4.74 Å². The van der Waals surface area contributed by atoms with Gasteiger partial charge in [-0.2, -0.15) is 13.2 Å². The maximum atomic E-state index is 12.7. The first-order valence-corrected chi connectivity index (χ1v) is 8.31. The average molecular weight is 345 g/mol. The summed E-state index contributed by atoms with van der Waals surface area (Å²) in [4.78, 5) is 9.45. The zero-order valence-corrected chi connectivity index (χ0v) is 13.7. The molecule has 0 N–H and O–H groups in total. The molecule has 0 aromatic carbocycles. The third kappa shape index (κ3) is 3.49. The van der Waals surface area contributed by atoms with Crippen molar-refractivity contribution in [1.82, 2.24) is 14.9 Å². The SMILES string of the molecule is CCOCC12CCCN1C(COc1cc(C(F)(F)F)ncn1)CC2. The van der Waals surface area contributed by atoms with Crippen LogP contribution in [0.3, 0.4) is 0 Å². The third-order valence-corrected chi connectivity index (χ3v) is 4.97. The minimum absolute atomic E-state index is 0.0289. The topological polar surface area (TPSA) is 47.5 Å². The van der Waals surface area contributed by atoms with Gasteiger partial charge in [0.25, 0.3) is 0 Å². The van der Waals surface area contributed by atoms with Gasteiger partial charge in [0.05, 0.1) is 6.61 Å². The summed E-state index contributed by atoms with van der Waals surface area (Å²) in [6, 6.07) is 1.05. The van der Waals surface area contributed by atoms with Crippen molar-refractivity contribution in [2.24, 2.45) is 0 Å². The van der Waals surface area contributed by atoms with Crippen LogP contribution in [0.1, 0.15) is 38.3 Å². The molecular weight excluding hydrogens is 323 g/mol. The first kappa shape index (κ1) is 17.4. The van der Waals surface area contributed by atoms with Gasteiger partial charge < -0.3 is 9.47 Å². The van der Waals surface area contributed by atoms with Gasteiger partial charge in [0, 0.05) is 24.3 Å². The van der Waals surface area contributed by atoms with Crippen LogP contribution in [-0.4, -0.2) is 52.8 Å². The van der Waals surface area contributed by atoms with Crippen molar-refractivity contribution in [3.8, 4) is 5.88 Å². The van der Waals surface area contributed by atoms with E-state index in [2.05, 4.69) is 14.9 Å². The van der Waals surface area contributed by atoms with Gasteiger partial charge in [0.15, 0.2) is 5.69 Å². The minimum atomic E-state index is -4.49. The second-order valence-electron chi connectivity index (χ2n) is 6.40. The summed E-state index contributed by atoms with van der Waals surface area (Å²) in [5.41, 5.74) is -0.905. The van der Waals surface area contributed by atoms with Gasteiger partial charge in [-0.15, -0.1) is 0 Å². The first-order valence-electron chi connectivity index (χ1n) is 8.31. The van der Waals surface area contributed by atoms with E-state index in [0.29, 0.717) is 19.8 Å². The average Bonchev–Trinajstić information content (AvgIpc) is 3.10. The quantitative estimate of drug-likeness (QED) is 0.793. The van der Waals surface area contributed by atoms with Crippen LogP contribution >= 0.6 is 0 Å². The Kier molecular flexibility index (Phi) is 4.96. The molecule has 8 heteroatoms. The Morgan fingerprint density at radius 2 is 2.17 bits per heavy atom. The molecule has 0 radical (unpaired) electrons. The van der Waals surface area contributed by atoms with Crippen LogP contribution in [0.2, 0.25) is 0 Å². The van der Waals surface area contributed by atoms with Gasteiger partial charge in [-0.05, 0) is 39.2 Å². The molecule has 2 aliphatic heterocycles. The number of aromatic nitrogens is 2. The normalized spacial score (nSPS) is 27.4. The Balaban J connectivity index is 1.62. The summed E-state index contributed by atoms with van der Waals surface area (Å²) in [6.07, 6.45) is 0.630. The summed E-state index contributed by atoms with van der Waals surface area (Å²) in [5, 5.41) is 0. The maximum Gasteiger partial charge on any atom is 0.433 e. The van der Waals surface area contributed by atoms with Gasteiger partial charge in [-0.3, -0.25) is 4.90 Å². The molecule has 1 aromatic heterocycles. The van der Waals surface area contributed by atoms with Crippen LogP contribution in [0.15, 0.2) is 12.4 Å². The largest absolute Gasteiger partial charge is 0.476 e. The van der Waals surface area contributed by atoms with Crippen LogP contribution in [0.25, 0.3) is 0 Å². The molecule has 0 saturated carbocycles. The lowest BCUT2D eigenvalue weighted by atomic mass is 9.95. The van der Waals surface area contributed by atoms with Crippen molar-refractivity contribution in [1.29, 1.82) is 0 Å². The minimum Gasteiger partial charge on any atom is -0.476 e. The number of fused-ring (bicyclic) bond motifs is 1. The smallest absolute Gasteiger partial charge is 0.433 e. The molecule has 24 heavy (non-hydrogen) atoms. The summed E-state index contributed by atoms with van der Waals surface area (Å²) < 4.78 is 49.3. The summed E-state index contributed by atoms with van der Waals surface area (Å²) in [7, 11) is 0. The van der Waals surface area contributed by atoms with Crippen molar-refractivity contribution in [3.05, 3.63) is 18.1 Å². The van der Waals surface area contributed by atoms with E-state index in [0.717, 1.165) is 44.6 Å². The molecular formula is C16H22F3N3O2. The van der Waals surface area contributed by atoms with E-state index in [1.807, 2.05) is 6.92 Å². The highest BCUT2D eigenvalue weighted by Gasteiger charge is 2.49. The van der Waals surface area contributed by atoms with E-state index in [4.69, 9.17) is 9.47 Å². The lowest BCUT2D eigenvalue weighted by Crippen LogP contribution is -2.47. The Morgan fingerprint density at radius 1 is 1.33 bits per heavy atom. The molecule has 0 aliphatic carbocycles. The van der Waals surface area contributed by atoms with E-state index in [9.17, 15) is 13.2 Å². The molecule has 0 spiro atoms. The molecule has 3 heterocycles. The highest BCUT2D eigenvalue weighted by molar-refractivity contribution is 5.16. The Morgan fingerprint density at radius 3 is 2.92 bits per heavy atom. The molecule has 2 atom stereocenters. The van der Waals surface area contributed by atoms with E-state index in [1.54, 1.807) is 0 Å². The fraction of sp³-hybridized carbons (Fsp3) is 0.750. The summed E-state index contributed by atoms with van der Waals surface area (Å²) in [6.45, 7) is 4.71. The molecule has 0 amide bonds. The van der Waals surface area contributed by atoms with Crippen LogP contribution in [0.5, 0.6) is 5.88 Å². The van der Waals surface area contributed by atoms with Gasteiger partial charge >= 0.3 is 6.18 Å². The summed E-state index contributed by atoms with van der Waals surface area (Å²) >= 11 is 0. The van der Waals surface area contributed by atoms with Gasteiger partial charge in [0.2, 0.25) is 5.88 Å². The highest BCUT2D eigenvalue weighted by atomic mass is 19.4. The molecule has 3 rings (SSSR count). The van der Waals surface area contributed by atoms with E-state index in [1.165, 1.54) is 0 Å². The molecule has 0 bridgehead atoms. The fourth-order valence-electron chi connectivity index (χ4n) is 3.84. The predicted octanol–water partition coefficient (Wildman–Crippen LogP) is 2.91. The third-order valence-electron chi connectivity index (χ3n) is 4.97. The lowest BCUT2D eigenvalue weighted by Gasteiger charge is -2.34. The van der Waals surface area contributed by atoms with Crippen molar-refractivity contribution >= 4 is 0 Å². The second-order valence-corrected chi connectivity index (χ2v) is 6.40. The zero-order chi connectivity index (χ0) is 17.2. The molecule has 5 nitrogen and oxygen atoms in total. The van der Waals surface area contributed by atoms with E-state index >= 15 is 0 Å². The zero-order valence-electron chi connectivity index (χ0n) is 13.7. The number of alkyl halides is 3. The molecule has 2 fully saturated rings. The number of halogens is 3. The molecule has 1 aromatic rings. The number of hydrogen-bond donors (Lipinski definition) is 0. The first-order chi connectivity index (χ1) is 11.4. The Labute approximate surface area is 139 Å². The van der Waals surface area contributed by atoms with Crippen molar-refractivity contribution in [2.75, 3.05) is 26.4 Å². The molecule has 2 unspecified atom stereocenters. The van der Waals surface area contributed by atoms with Gasteiger partial charge in [0.1, 0.15) is 12.9 Å². The Bertz CT molecular complexity index is 570. The number of hydrogen-bond acceptors (Lipinski definition) is 5. The van der Waals surface area contributed by atoms with Crippen molar-refractivity contribution < 1.29 is 22.6 Å². The van der Waals surface area contributed by atoms with E-state index in [-0.39, 0.29) is 17.5 Å². The van der Waals surface area contributed by atoms with Crippen molar-refractivity contribution in [2.45, 2.75) is 50.4 Å². The van der Waals surface area contributed by atoms with Crippen molar-refractivity contribution in [3.63, 3.8) is 0 Å². The lowest BCUT2D eigenvalue weighted by molar-refractivity contribution is -0.141. The molecule has 2 saturated heterocycles. The van der Waals surface area contributed by atoms with Crippen LogP contribution in [-0.2, 0) is 10.9 Å². The Hall–Kier alpha value is -1.41. The number of ether oxygens (including phenoxy) is 2. The maximum absolute atomic E-state index is 12.7. The van der Waals surface area contributed by atoms with Gasteiger partial charge in [-0.25, -0.2) is 9.97 Å². The molecule has 2 aliphatic rings. The highest BCUT2D eigenvalue weighted by Crippen LogP contribution is 2.42. The standard InChI is InChI=1S/C16H22F3N3O2/c1-2-23-10-15-5-3-7-22(15)12(4-6-15)9-24-14-8-13(16(17,18)19)20-11-21-14/h8,11-12H,2-7,9-10H2,1H3. The number of nitrogens with zero attached hydrogens (tertiary/aromatic N) is 3. The van der Waals surface area contributed by atoms with Crippen LogP contribution in [0, 0.1) is 0 Å². The van der Waals surface area contributed by atoms with Gasteiger partial charge in [-0.1, -0.05) is 0 Å². The van der Waals surface area contributed by atoms with Crippen LogP contribution in [0.4, 0.5) is 13.2 Å². The van der Waals surface area contributed by atoms with E-state index < -0.39 is 11.9 Å². The number of rotatable bonds is 6. The predicted molar refractivity (Wildman–Crippen MR) is 80.7 cm³/mol.